The third-order valence-corrected chi connectivity index (χ3v) is 7.64. The molecule has 0 radical (unpaired) electrons. The van der Waals surface area contributed by atoms with E-state index in [1.807, 2.05) is 48.5 Å². The Morgan fingerprint density at radius 1 is 1.00 bits per heavy atom. The smallest absolute Gasteiger partial charge is 0.307 e. The summed E-state index contributed by atoms with van der Waals surface area (Å²) in [5.41, 5.74) is 4.71. The zero-order chi connectivity index (χ0) is 22.9. The molecule has 2 aliphatic carbocycles. The van der Waals surface area contributed by atoms with Crippen LogP contribution in [0.5, 0.6) is 0 Å². The van der Waals surface area contributed by atoms with Gasteiger partial charge in [0.05, 0.1) is 11.6 Å². The molecule has 0 aliphatic heterocycles. The van der Waals surface area contributed by atoms with Crippen LogP contribution >= 0.6 is 11.3 Å². The average Bonchev–Trinajstić information content (AvgIpc) is 3.46. The van der Waals surface area contributed by atoms with Crippen molar-refractivity contribution >= 4 is 40.0 Å². The van der Waals surface area contributed by atoms with Crippen LogP contribution in [-0.4, -0.2) is 21.8 Å². The second-order valence-corrected chi connectivity index (χ2v) is 10.1. The van der Waals surface area contributed by atoms with Crippen LogP contribution in [0.15, 0.2) is 54.6 Å². The number of carboxylic acids is 1. The molecule has 1 saturated carbocycles. The van der Waals surface area contributed by atoms with Crippen LogP contribution in [0.25, 0.3) is 17.2 Å². The first-order chi connectivity index (χ1) is 16.0. The van der Waals surface area contributed by atoms with Gasteiger partial charge in [-0.3, -0.25) is 9.59 Å². The number of carboxylic acid groups (broad SMARTS) is 1. The topological polar surface area (TPSA) is 79.3 Å². The van der Waals surface area contributed by atoms with E-state index in [-0.39, 0.29) is 5.78 Å². The van der Waals surface area contributed by atoms with E-state index in [1.54, 1.807) is 11.3 Å². The summed E-state index contributed by atoms with van der Waals surface area (Å²) >= 11 is 1.71. The molecule has 5 nitrogen and oxygen atoms in total. The fourth-order valence-corrected chi connectivity index (χ4v) is 5.90. The molecule has 2 aromatic carbocycles. The summed E-state index contributed by atoms with van der Waals surface area (Å²) in [7, 11) is 0. The van der Waals surface area contributed by atoms with Crippen molar-refractivity contribution in [2.45, 2.75) is 32.6 Å². The van der Waals surface area contributed by atoms with Gasteiger partial charge in [0.1, 0.15) is 0 Å². The summed E-state index contributed by atoms with van der Waals surface area (Å²) in [5, 5.41) is 13.7. The standard InChI is InChI=1S/C27H26N2O3S/c1-16-5-14-23-24(15-16)33-27(29-23)28-20-12-10-18(11-13-20)17-6-8-19(9-7-17)25(30)21-3-2-4-22(21)26(31)32/h5-14,16,21-22H,2-4,15H2,1H3,(H,28,29)(H,31,32)/t16?,21-,22-/m0/s1. The van der Waals surface area contributed by atoms with Crippen molar-refractivity contribution in [1.82, 2.24) is 4.98 Å². The van der Waals surface area contributed by atoms with Crippen molar-refractivity contribution < 1.29 is 14.7 Å². The first-order valence-electron chi connectivity index (χ1n) is 11.4. The van der Waals surface area contributed by atoms with Gasteiger partial charge in [0.25, 0.3) is 0 Å². The molecule has 168 valence electrons. The predicted octanol–water partition coefficient (Wildman–Crippen LogP) is 6.44. The van der Waals surface area contributed by atoms with Crippen LogP contribution in [0.2, 0.25) is 0 Å². The van der Waals surface area contributed by atoms with E-state index in [0.717, 1.165) is 40.5 Å². The third-order valence-electron chi connectivity index (χ3n) is 6.63. The number of aromatic nitrogens is 1. The molecule has 3 atom stereocenters. The normalized spacial score (nSPS) is 21.5. The Labute approximate surface area is 197 Å². The van der Waals surface area contributed by atoms with Gasteiger partial charge >= 0.3 is 5.97 Å². The quantitative estimate of drug-likeness (QED) is 0.415. The molecule has 1 aromatic heterocycles. The molecule has 1 unspecified atom stereocenters. The lowest BCUT2D eigenvalue weighted by molar-refractivity contribution is -0.142. The molecule has 5 rings (SSSR count). The minimum absolute atomic E-state index is 0.0543. The maximum absolute atomic E-state index is 12.8. The number of allylic oxidation sites excluding steroid dienone is 1. The van der Waals surface area contributed by atoms with Gasteiger partial charge < -0.3 is 10.4 Å². The van der Waals surface area contributed by atoms with E-state index in [1.165, 1.54) is 4.88 Å². The average molecular weight is 459 g/mol. The molecule has 1 heterocycles. The van der Waals surface area contributed by atoms with Gasteiger partial charge in [0.2, 0.25) is 0 Å². The van der Waals surface area contributed by atoms with E-state index in [2.05, 4.69) is 29.4 Å². The van der Waals surface area contributed by atoms with Crippen molar-refractivity contribution in [1.29, 1.82) is 0 Å². The Morgan fingerprint density at radius 3 is 2.36 bits per heavy atom. The fourth-order valence-electron chi connectivity index (χ4n) is 4.79. The van der Waals surface area contributed by atoms with Crippen LogP contribution in [0.4, 0.5) is 10.8 Å². The van der Waals surface area contributed by atoms with E-state index in [9.17, 15) is 14.7 Å². The first-order valence-corrected chi connectivity index (χ1v) is 12.2. The first kappa shape index (κ1) is 21.6. The summed E-state index contributed by atoms with van der Waals surface area (Å²) in [6.45, 7) is 2.22. The molecular formula is C27H26N2O3S. The lowest BCUT2D eigenvalue weighted by Crippen LogP contribution is -2.25. The van der Waals surface area contributed by atoms with Gasteiger partial charge in [-0.1, -0.05) is 55.8 Å². The second kappa shape index (κ2) is 8.94. The summed E-state index contributed by atoms with van der Waals surface area (Å²) in [4.78, 5) is 30.3. The van der Waals surface area contributed by atoms with Crippen LogP contribution in [0.1, 0.15) is 47.1 Å². The molecule has 3 aromatic rings. The van der Waals surface area contributed by atoms with E-state index in [4.69, 9.17) is 0 Å². The van der Waals surface area contributed by atoms with Gasteiger partial charge in [0.15, 0.2) is 10.9 Å². The number of benzene rings is 2. The number of hydrogen-bond acceptors (Lipinski definition) is 5. The number of carbonyl (C=O) groups is 2. The highest BCUT2D eigenvalue weighted by atomic mass is 32.1. The highest BCUT2D eigenvalue weighted by molar-refractivity contribution is 7.15. The number of fused-ring (bicyclic) bond motifs is 1. The fraction of sp³-hybridized carbons (Fsp3) is 0.296. The Morgan fingerprint density at radius 2 is 1.67 bits per heavy atom. The molecule has 1 fully saturated rings. The SMILES string of the molecule is CC1C=Cc2nc(Nc3ccc(-c4ccc(C(=O)[C@H]5CCC[C@@H]5C(=O)O)cc4)cc3)sc2C1. The van der Waals surface area contributed by atoms with Crippen LogP contribution in [-0.2, 0) is 11.2 Å². The number of anilines is 2. The molecule has 33 heavy (non-hydrogen) atoms. The number of thiazole rings is 1. The molecule has 6 heteroatoms. The van der Waals surface area contributed by atoms with Crippen molar-refractivity contribution in [3.8, 4) is 11.1 Å². The highest BCUT2D eigenvalue weighted by Gasteiger charge is 2.37. The van der Waals surface area contributed by atoms with Gasteiger partial charge in [-0.15, -0.1) is 11.3 Å². The van der Waals surface area contributed by atoms with Crippen LogP contribution < -0.4 is 5.32 Å². The molecule has 2 N–H and O–H groups in total. The number of nitrogens with zero attached hydrogens (tertiary/aromatic N) is 1. The van der Waals surface area contributed by atoms with Gasteiger partial charge in [0, 0.05) is 22.0 Å². The number of rotatable bonds is 6. The summed E-state index contributed by atoms with van der Waals surface area (Å²) in [6.07, 6.45) is 7.40. The van der Waals surface area contributed by atoms with Crippen molar-refractivity contribution in [2.24, 2.45) is 17.8 Å². The number of carbonyl (C=O) groups excluding carboxylic acids is 1. The number of ketones is 1. The number of hydrogen-bond donors (Lipinski definition) is 2. The van der Waals surface area contributed by atoms with Crippen molar-refractivity contribution in [3.63, 3.8) is 0 Å². The maximum Gasteiger partial charge on any atom is 0.307 e. The lowest BCUT2D eigenvalue weighted by Gasteiger charge is -2.14. The monoisotopic (exact) mass is 458 g/mol. The third kappa shape index (κ3) is 4.48. The van der Waals surface area contributed by atoms with E-state index >= 15 is 0 Å². The van der Waals surface area contributed by atoms with E-state index in [0.29, 0.717) is 24.3 Å². The van der Waals surface area contributed by atoms with Crippen molar-refractivity contribution in [2.75, 3.05) is 5.32 Å². The molecular weight excluding hydrogens is 432 g/mol. The minimum atomic E-state index is -0.861. The van der Waals surface area contributed by atoms with Crippen LogP contribution in [0, 0.1) is 17.8 Å². The number of nitrogens with one attached hydrogen (secondary N) is 1. The summed E-state index contributed by atoms with van der Waals surface area (Å²) in [5.74, 6) is -1.32. The van der Waals surface area contributed by atoms with Gasteiger partial charge in [-0.05, 0) is 54.5 Å². The summed E-state index contributed by atoms with van der Waals surface area (Å²) in [6, 6.07) is 15.7. The molecule has 2 aliphatic rings. The molecule has 0 amide bonds. The zero-order valence-corrected chi connectivity index (χ0v) is 19.3. The Bertz CT molecular complexity index is 1210. The van der Waals surface area contributed by atoms with E-state index < -0.39 is 17.8 Å². The predicted molar refractivity (Wildman–Crippen MR) is 132 cm³/mol. The van der Waals surface area contributed by atoms with Gasteiger partial charge in [-0.25, -0.2) is 4.98 Å². The van der Waals surface area contributed by atoms with Crippen molar-refractivity contribution in [3.05, 3.63) is 70.7 Å². The molecule has 0 spiro atoms. The molecule has 0 saturated heterocycles. The minimum Gasteiger partial charge on any atom is -0.481 e. The zero-order valence-electron chi connectivity index (χ0n) is 18.5. The van der Waals surface area contributed by atoms with Gasteiger partial charge in [-0.2, -0.15) is 0 Å². The largest absolute Gasteiger partial charge is 0.481 e. The second-order valence-electron chi connectivity index (χ2n) is 8.99. The lowest BCUT2D eigenvalue weighted by atomic mass is 9.88. The van der Waals surface area contributed by atoms with Crippen LogP contribution in [0.3, 0.4) is 0 Å². The molecule has 0 bridgehead atoms. The number of aliphatic carboxylic acids is 1. The Kier molecular flexibility index (Phi) is 5.85. The maximum atomic E-state index is 12.8. The number of Topliss-reactive ketones (excluding diaryl/α,β-unsaturated/α-hetero) is 1. The summed E-state index contributed by atoms with van der Waals surface area (Å²) < 4.78 is 0. The Hall–Kier alpha value is -3.25. The highest BCUT2D eigenvalue weighted by Crippen LogP contribution is 2.35. The Balaban J connectivity index is 1.26.